The van der Waals surface area contributed by atoms with Crippen molar-refractivity contribution in [3.8, 4) is 11.1 Å². The number of anilines is 1. The third-order valence-corrected chi connectivity index (χ3v) is 4.38. The van der Waals surface area contributed by atoms with Crippen molar-refractivity contribution in [3.63, 3.8) is 0 Å². The van der Waals surface area contributed by atoms with E-state index in [1.165, 1.54) is 16.8 Å². The van der Waals surface area contributed by atoms with E-state index in [2.05, 4.69) is 15.1 Å². The second kappa shape index (κ2) is 8.90. The van der Waals surface area contributed by atoms with Crippen LogP contribution in [0.3, 0.4) is 0 Å². The third-order valence-electron chi connectivity index (χ3n) is 4.08. The molecule has 0 aromatic carbocycles. The molecule has 0 aliphatic rings. The molecule has 0 unspecified atom stereocenters. The second-order valence-corrected chi connectivity index (χ2v) is 9.65. The largest absolute Gasteiger partial charge is 0.478 e. The van der Waals surface area contributed by atoms with Crippen LogP contribution in [0.5, 0.6) is 0 Å². The molecule has 0 saturated heterocycles. The zero-order chi connectivity index (χ0) is 25.4. The van der Waals surface area contributed by atoms with Crippen molar-refractivity contribution in [1.29, 1.82) is 0 Å². The quantitative estimate of drug-likeness (QED) is 0.513. The van der Waals surface area contributed by atoms with Crippen LogP contribution >= 0.6 is 11.6 Å². The van der Waals surface area contributed by atoms with Crippen LogP contribution in [-0.4, -0.2) is 54.0 Å². The van der Waals surface area contributed by atoms with E-state index >= 15 is 0 Å². The summed E-state index contributed by atoms with van der Waals surface area (Å²) in [6, 6.07) is 4.62. The summed E-state index contributed by atoms with van der Waals surface area (Å²) in [6.45, 7) is 9.96. The lowest BCUT2D eigenvalue weighted by Gasteiger charge is -2.26. The van der Waals surface area contributed by atoms with Crippen molar-refractivity contribution in [3.05, 3.63) is 41.3 Å². The van der Waals surface area contributed by atoms with Gasteiger partial charge in [0.05, 0.1) is 5.56 Å². The van der Waals surface area contributed by atoms with Gasteiger partial charge >= 0.3 is 18.2 Å². The van der Waals surface area contributed by atoms with Crippen LogP contribution in [0.4, 0.5) is 15.5 Å². The first-order chi connectivity index (χ1) is 15.6. The lowest BCUT2D eigenvalue weighted by atomic mass is 10.1. The predicted octanol–water partition coefficient (Wildman–Crippen LogP) is 4.82. The molecule has 11 nitrogen and oxygen atoms in total. The van der Waals surface area contributed by atoms with Crippen LogP contribution < -0.4 is 4.90 Å². The van der Waals surface area contributed by atoms with Gasteiger partial charge in [0.1, 0.15) is 16.4 Å². The monoisotopic (exact) mass is 489 g/mol. The summed E-state index contributed by atoms with van der Waals surface area (Å²) in [6.07, 6.45) is 0.973. The molecule has 3 rings (SSSR count). The number of aromatic nitrogens is 4. The average molecular weight is 490 g/mol. The van der Waals surface area contributed by atoms with E-state index in [4.69, 9.17) is 21.1 Å². The van der Waals surface area contributed by atoms with Gasteiger partial charge in [-0.25, -0.2) is 23.9 Å². The standard InChI is InChI=1S/C22H24ClN5O6/c1-21(2,3)33-19(31)28(20(32)34-22(4,5)6)18-25-15-10-12(7-8-27(15)26-18)13-9-14(17(29)30)16(23)24-11-13/h7-11H,1-6H3,(H,29,30). The Labute approximate surface area is 200 Å². The maximum atomic E-state index is 12.8. The number of fused-ring (bicyclic) bond motifs is 1. The van der Waals surface area contributed by atoms with E-state index in [9.17, 15) is 19.5 Å². The molecule has 0 atom stereocenters. The fourth-order valence-corrected chi connectivity index (χ4v) is 2.94. The van der Waals surface area contributed by atoms with E-state index < -0.39 is 29.4 Å². The fraction of sp³-hybridized carbons (Fsp3) is 0.364. The fourth-order valence-electron chi connectivity index (χ4n) is 2.75. The number of carboxylic acid groups (broad SMARTS) is 1. The molecule has 0 aliphatic heterocycles. The number of hydrogen-bond acceptors (Lipinski definition) is 8. The summed E-state index contributed by atoms with van der Waals surface area (Å²) in [5.74, 6) is -1.46. The Kier molecular flexibility index (Phi) is 6.52. The van der Waals surface area contributed by atoms with Crippen molar-refractivity contribution in [1.82, 2.24) is 19.6 Å². The molecule has 0 radical (unpaired) electrons. The van der Waals surface area contributed by atoms with Crippen molar-refractivity contribution >= 4 is 41.4 Å². The second-order valence-electron chi connectivity index (χ2n) is 9.29. The first kappa shape index (κ1) is 24.9. The summed E-state index contributed by atoms with van der Waals surface area (Å²) in [4.78, 5) is 45.8. The molecule has 0 fully saturated rings. The molecule has 3 heterocycles. The Hall–Kier alpha value is -3.73. The highest BCUT2D eigenvalue weighted by molar-refractivity contribution is 6.32. The Bertz CT molecular complexity index is 1250. The molecule has 0 aliphatic carbocycles. The van der Waals surface area contributed by atoms with Gasteiger partial charge in [-0.2, -0.15) is 4.98 Å². The molecule has 180 valence electrons. The summed E-state index contributed by atoms with van der Waals surface area (Å²) in [5, 5.41) is 13.4. The first-order valence-corrected chi connectivity index (χ1v) is 10.5. The van der Waals surface area contributed by atoms with Gasteiger partial charge in [0.25, 0.3) is 5.95 Å². The average Bonchev–Trinajstić information content (AvgIpc) is 3.07. The molecule has 34 heavy (non-hydrogen) atoms. The lowest BCUT2D eigenvalue weighted by Crippen LogP contribution is -2.44. The van der Waals surface area contributed by atoms with Crippen molar-refractivity contribution in [2.75, 3.05) is 4.90 Å². The maximum Gasteiger partial charge on any atom is 0.427 e. The summed E-state index contributed by atoms with van der Waals surface area (Å²) < 4.78 is 12.0. The smallest absolute Gasteiger partial charge is 0.427 e. The van der Waals surface area contributed by atoms with Crippen molar-refractivity contribution in [2.24, 2.45) is 0 Å². The number of carbonyl (C=O) groups is 3. The zero-order valence-electron chi connectivity index (χ0n) is 19.5. The van der Waals surface area contributed by atoms with Gasteiger partial charge in [-0.15, -0.1) is 10.00 Å². The summed E-state index contributed by atoms with van der Waals surface area (Å²) in [7, 11) is 0. The van der Waals surface area contributed by atoms with E-state index in [0.717, 1.165) is 0 Å². The van der Waals surface area contributed by atoms with E-state index in [-0.39, 0.29) is 22.3 Å². The molecular formula is C22H24ClN5O6. The SMILES string of the molecule is CC(C)(C)OC(=O)N(C(=O)OC(C)(C)C)c1nc2cc(-c3cnc(Cl)c(C(=O)O)c3)ccn2n1. The number of hydrogen-bond donors (Lipinski definition) is 1. The molecule has 0 spiro atoms. The Morgan fingerprint density at radius 1 is 1.00 bits per heavy atom. The number of amides is 2. The minimum Gasteiger partial charge on any atom is -0.478 e. The number of rotatable bonds is 3. The number of pyridine rings is 2. The van der Waals surface area contributed by atoms with Gasteiger partial charge in [0.15, 0.2) is 5.65 Å². The van der Waals surface area contributed by atoms with Gasteiger partial charge < -0.3 is 14.6 Å². The first-order valence-electron chi connectivity index (χ1n) is 10.2. The van der Waals surface area contributed by atoms with Gasteiger partial charge in [0.2, 0.25) is 0 Å². The van der Waals surface area contributed by atoms with Crippen LogP contribution in [0, 0.1) is 0 Å². The molecular weight excluding hydrogens is 466 g/mol. The van der Waals surface area contributed by atoms with Crippen molar-refractivity contribution in [2.45, 2.75) is 52.7 Å². The van der Waals surface area contributed by atoms with Crippen molar-refractivity contribution < 1.29 is 29.0 Å². The maximum absolute atomic E-state index is 12.8. The van der Waals surface area contributed by atoms with E-state index in [1.807, 2.05) is 0 Å². The van der Waals surface area contributed by atoms with Crippen LogP contribution in [0.1, 0.15) is 51.9 Å². The van der Waals surface area contributed by atoms with Gasteiger partial charge in [-0.05, 0) is 65.3 Å². The topological polar surface area (TPSA) is 136 Å². The van der Waals surface area contributed by atoms with Crippen LogP contribution in [0.25, 0.3) is 16.8 Å². The highest BCUT2D eigenvalue weighted by atomic mass is 35.5. The lowest BCUT2D eigenvalue weighted by molar-refractivity contribution is 0.0426. The Morgan fingerprint density at radius 2 is 1.59 bits per heavy atom. The normalized spacial score (nSPS) is 11.9. The minimum absolute atomic E-state index is 0.132. The number of aromatic carboxylic acids is 1. The molecule has 0 saturated carbocycles. The van der Waals surface area contributed by atoms with Gasteiger partial charge in [-0.3, -0.25) is 0 Å². The number of carbonyl (C=O) groups excluding carboxylic acids is 2. The Balaban J connectivity index is 2.04. The predicted molar refractivity (Wildman–Crippen MR) is 123 cm³/mol. The molecule has 3 aromatic heterocycles. The summed E-state index contributed by atoms with van der Waals surface area (Å²) >= 11 is 5.85. The highest BCUT2D eigenvalue weighted by Crippen LogP contribution is 2.26. The number of ether oxygens (including phenoxy) is 2. The molecule has 12 heteroatoms. The number of halogens is 1. The van der Waals surface area contributed by atoms with Gasteiger partial charge in [-0.1, -0.05) is 11.6 Å². The minimum atomic E-state index is -1.21. The molecule has 3 aromatic rings. The third kappa shape index (κ3) is 5.79. The van der Waals surface area contributed by atoms with Crippen LogP contribution in [-0.2, 0) is 9.47 Å². The molecule has 0 bridgehead atoms. The molecule has 2 amide bonds. The van der Waals surface area contributed by atoms with Gasteiger partial charge in [0, 0.05) is 18.0 Å². The van der Waals surface area contributed by atoms with Crippen LogP contribution in [0.2, 0.25) is 5.15 Å². The number of nitrogens with zero attached hydrogens (tertiary/aromatic N) is 5. The Morgan fingerprint density at radius 3 is 2.12 bits per heavy atom. The van der Waals surface area contributed by atoms with E-state index in [1.54, 1.807) is 59.9 Å². The zero-order valence-corrected chi connectivity index (χ0v) is 20.2. The molecule has 1 N–H and O–H groups in total. The highest BCUT2D eigenvalue weighted by Gasteiger charge is 2.35. The number of carboxylic acids is 1. The number of imide groups is 1. The summed E-state index contributed by atoms with van der Waals surface area (Å²) in [5.41, 5.74) is -0.594. The van der Waals surface area contributed by atoms with Crippen LogP contribution in [0.15, 0.2) is 30.6 Å². The van der Waals surface area contributed by atoms with E-state index in [0.29, 0.717) is 16.0 Å².